The second kappa shape index (κ2) is 4.85. The Kier molecular flexibility index (Phi) is 3.74. The fourth-order valence-corrected chi connectivity index (χ4v) is 1.37. The van der Waals surface area contributed by atoms with Crippen molar-refractivity contribution in [3.63, 3.8) is 0 Å². The molecule has 0 aromatic carbocycles. The topological polar surface area (TPSA) is 50.4 Å². The molecule has 2 N–H and O–H groups in total. The predicted molar refractivity (Wildman–Crippen MR) is 49.0 cm³/mol. The molecular formula is C9H14N2O2. The molecule has 1 saturated heterocycles. The van der Waals surface area contributed by atoms with E-state index in [1.165, 1.54) is 0 Å². The van der Waals surface area contributed by atoms with Gasteiger partial charge in [-0.2, -0.15) is 0 Å². The van der Waals surface area contributed by atoms with Crippen LogP contribution in [-0.2, 0) is 9.53 Å². The maximum Gasteiger partial charge on any atom is 0.227 e. The quantitative estimate of drug-likeness (QED) is 0.549. The third kappa shape index (κ3) is 2.44. The van der Waals surface area contributed by atoms with Gasteiger partial charge in [0, 0.05) is 6.04 Å². The van der Waals surface area contributed by atoms with Gasteiger partial charge in [-0.15, -0.1) is 6.42 Å². The summed E-state index contributed by atoms with van der Waals surface area (Å²) in [6.07, 6.45) is 5.03. The zero-order chi connectivity index (χ0) is 9.68. The van der Waals surface area contributed by atoms with Crippen molar-refractivity contribution in [1.29, 1.82) is 0 Å². The van der Waals surface area contributed by atoms with Gasteiger partial charge >= 0.3 is 0 Å². The maximum absolute atomic E-state index is 11.4. The molecule has 4 nitrogen and oxygen atoms in total. The molecule has 1 aliphatic rings. The van der Waals surface area contributed by atoms with Crippen LogP contribution in [-0.4, -0.2) is 38.8 Å². The largest absolute Gasteiger partial charge is 0.379 e. The molecule has 0 spiro atoms. The summed E-state index contributed by atoms with van der Waals surface area (Å²) in [6.45, 7) is 1.35. The highest BCUT2D eigenvalue weighted by Crippen LogP contribution is 2.12. The van der Waals surface area contributed by atoms with Crippen LogP contribution in [0.3, 0.4) is 0 Å². The van der Waals surface area contributed by atoms with E-state index in [0.717, 1.165) is 0 Å². The van der Waals surface area contributed by atoms with E-state index >= 15 is 0 Å². The summed E-state index contributed by atoms with van der Waals surface area (Å²) >= 11 is 0. The molecule has 0 aromatic heterocycles. The summed E-state index contributed by atoms with van der Waals surface area (Å²) in [4.78, 5) is 11.4. The minimum absolute atomic E-state index is 0.0326. The average Bonchev–Trinajstić information content (AvgIpc) is 2.61. The molecule has 1 aliphatic heterocycles. The van der Waals surface area contributed by atoms with E-state index in [-0.39, 0.29) is 24.4 Å². The molecule has 1 heterocycles. The third-order valence-corrected chi connectivity index (χ3v) is 2.15. The number of terminal acetylenes is 1. The molecule has 0 bridgehead atoms. The molecule has 72 valence electrons. The average molecular weight is 182 g/mol. The van der Waals surface area contributed by atoms with E-state index < -0.39 is 0 Å². The van der Waals surface area contributed by atoms with Gasteiger partial charge in [0.2, 0.25) is 5.91 Å². The van der Waals surface area contributed by atoms with Crippen LogP contribution in [0.4, 0.5) is 0 Å². The van der Waals surface area contributed by atoms with Gasteiger partial charge < -0.3 is 15.4 Å². The van der Waals surface area contributed by atoms with E-state index in [0.29, 0.717) is 13.2 Å². The Hall–Kier alpha value is -1.05. The monoisotopic (exact) mass is 182 g/mol. The minimum atomic E-state index is -0.113. The summed E-state index contributed by atoms with van der Waals surface area (Å²) in [7, 11) is 1.82. The number of rotatable bonds is 3. The zero-order valence-electron chi connectivity index (χ0n) is 7.67. The molecule has 2 unspecified atom stereocenters. The van der Waals surface area contributed by atoms with Crippen molar-refractivity contribution in [3.8, 4) is 12.3 Å². The van der Waals surface area contributed by atoms with Crippen LogP contribution in [0.25, 0.3) is 0 Å². The number of hydrogen-bond donors (Lipinski definition) is 2. The van der Waals surface area contributed by atoms with Crippen molar-refractivity contribution >= 4 is 5.91 Å². The van der Waals surface area contributed by atoms with Crippen LogP contribution < -0.4 is 10.6 Å². The summed E-state index contributed by atoms with van der Waals surface area (Å²) in [5.41, 5.74) is 0. The van der Waals surface area contributed by atoms with Crippen LogP contribution in [0.2, 0.25) is 0 Å². The van der Waals surface area contributed by atoms with E-state index in [9.17, 15) is 4.79 Å². The highest BCUT2D eigenvalue weighted by molar-refractivity contribution is 5.80. The zero-order valence-corrected chi connectivity index (χ0v) is 7.67. The lowest BCUT2D eigenvalue weighted by Gasteiger charge is -2.15. The Morgan fingerprint density at radius 3 is 3.08 bits per heavy atom. The Balaban J connectivity index is 2.41. The number of carbonyl (C=O) groups excluding carboxylic acids is 1. The minimum Gasteiger partial charge on any atom is -0.379 e. The highest BCUT2D eigenvalue weighted by Gasteiger charge is 2.32. The number of nitrogens with one attached hydrogen (secondary N) is 2. The first-order chi connectivity index (χ1) is 6.29. The van der Waals surface area contributed by atoms with Crippen molar-refractivity contribution < 1.29 is 9.53 Å². The second-order valence-electron chi connectivity index (χ2n) is 2.96. The number of amides is 1. The van der Waals surface area contributed by atoms with Gasteiger partial charge in [0.1, 0.15) is 0 Å². The van der Waals surface area contributed by atoms with Gasteiger partial charge in [0.15, 0.2) is 0 Å². The first kappa shape index (κ1) is 10.0. The fraction of sp³-hybridized carbons (Fsp3) is 0.667. The highest BCUT2D eigenvalue weighted by atomic mass is 16.5. The normalized spacial score (nSPS) is 26.8. The summed E-state index contributed by atoms with van der Waals surface area (Å²) in [6, 6.07) is 0.109. The van der Waals surface area contributed by atoms with Crippen molar-refractivity contribution in [2.45, 2.75) is 6.04 Å². The van der Waals surface area contributed by atoms with Gasteiger partial charge in [0.25, 0.3) is 0 Å². The van der Waals surface area contributed by atoms with Gasteiger partial charge in [-0.3, -0.25) is 4.79 Å². The predicted octanol–water partition coefficient (Wildman–Crippen LogP) is -1.03. The lowest BCUT2D eigenvalue weighted by atomic mass is 10.0. The van der Waals surface area contributed by atoms with Crippen molar-refractivity contribution in [1.82, 2.24) is 10.6 Å². The van der Waals surface area contributed by atoms with Crippen molar-refractivity contribution in [3.05, 3.63) is 0 Å². The van der Waals surface area contributed by atoms with E-state index in [2.05, 4.69) is 16.6 Å². The Bertz CT molecular complexity index is 222. The summed E-state index contributed by atoms with van der Waals surface area (Å²) < 4.78 is 5.19. The summed E-state index contributed by atoms with van der Waals surface area (Å²) in [5.74, 6) is 2.22. The molecular weight excluding hydrogens is 168 g/mol. The van der Waals surface area contributed by atoms with Crippen LogP contribution in [0, 0.1) is 18.3 Å². The van der Waals surface area contributed by atoms with Gasteiger partial charge in [-0.05, 0) is 7.05 Å². The van der Waals surface area contributed by atoms with Crippen LogP contribution in [0.5, 0.6) is 0 Å². The fourth-order valence-electron chi connectivity index (χ4n) is 1.37. The van der Waals surface area contributed by atoms with E-state index in [1.54, 1.807) is 0 Å². The van der Waals surface area contributed by atoms with Crippen molar-refractivity contribution in [2.24, 2.45) is 5.92 Å². The molecule has 1 amide bonds. The number of ether oxygens (including phenoxy) is 1. The first-order valence-electron chi connectivity index (χ1n) is 4.25. The Morgan fingerprint density at radius 1 is 1.69 bits per heavy atom. The second-order valence-corrected chi connectivity index (χ2v) is 2.96. The Labute approximate surface area is 78.0 Å². The molecule has 0 saturated carbocycles. The third-order valence-electron chi connectivity index (χ3n) is 2.15. The lowest BCUT2D eigenvalue weighted by Crippen LogP contribution is -2.42. The smallest absolute Gasteiger partial charge is 0.227 e. The standard InChI is InChI=1S/C9H14N2O2/c1-3-4-11-9(12)7-5-13-6-8(7)10-2/h1,7-8,10H,4-6H2,2H3,(H,11,12). The molecule has 1 fully saturated rings. The number of hydrogen-bond acceptors (Lipinski definition) is 3. The SMILES string of the molecule is C#CCNC(=O)C1COCC1NC. The number of likely N-dealkylation sites (N-methyl/N-ethyl adjacent to an activating group) is 1. The van der Waals surface area contributed by atoms with Gasteiger partial charge in [0.05, 0.1) is 25.7 Å². The molecule has 0 aliphatic carbocycles. The molecule has 4 heteroatoms. The molecule has 1 rings (SSSR count). The van der Waals surface area contributed by atoms with Crippen LogP contribution in [0.15, 0.2) is 0 Å². The van der Waals surface area contributed by atoms with E-state index in [1.807, 2.05) is 7.05 Å². The lowest BCUT2D eigenvalue weighted by molar-refractivity contribution is -0.125. The van der Waals surface area contributed by atoms with Gasteiger partial charge in [-0.1, -0.05) is 5.92 Å². The molecule has 2 atom stereocenters. The van der Waals surface area contributed by atoms with Crippen molar-refractivity contribution in [2.75, 3.05) is 26.8 Å². The maximum atomic E-state index is 11.4. The first-order valence-corrected chi connectivity index (χ1v) is 4.25. The van der Waals surface area contributed by atoms with Gasteiger partial charge in [-0.25, -0.2) is 0 Å². The Morgan fingerprint density at radius 2 is 2.46 bits per heavy atom. The van der Waals surface area contributed by atoms with Crippen LogP contribution >= 0.6 is 0 Å². The molecule has 0 radical (unpaired) electrons. The number of carbonyl (C=O) groups is 1. The molecule has 0 aromatic rings. The van der Waals surface area contributed by atoms with Crippen LogP contribution in [0.1, 0.15) is 0 Å². The summed E-state index contributed by atoms with van der Waals surface area (Å²) in [5, 5.41) is 5.68. The van der Waals surface area contributed by atoms with E-state index in [4.69, 9.17) is 11.2 Å². The molecule has 13 heavy (non-hydrogen) atoms.